The lowest BCUT2D eigenvalue weighted by Crippen LogP contribution is -2.16. The van der Waals surface area contributed by atoms with Crippen LogP contribution in [-0.4, -0.2) is 44.3 Å². The summed E-state index contributed by atoms with van der Waals surface area (Å²) >= 11 is 0. The molecule has 0 heterocycles. The molecule has 0 aromatic carbocycles. The van der Waals surface area contributed by atoms with Crippen LogP contribution in [0.1, 0.15) is 32.6 Å². The van der Waals surface area contributed by atoms with Crippen molar-refractivity contribution in [3.8, 4) is 0 Å². The molecule has 4 N–H and O–H groups in total. The van der Waals surface area contributed by atoms with Gasteiger partial charge in [-0.1, -0.05) is 6.92 Å². The molecule has 0 saturated carbocycles. The zero-order chi connectivity index (χ0) is 14.7. The van der Waals surface area contributed by atoms with E-state index in [0.29, 0.717) is 6.42 Å². The van der Waals surface area contributed by atoms with Crippen LogP contribution in [0.5, 0.6) is 0 Å². The second-order valence-corrected chi connectivity index (χ2v) is 3.33. The fourth-order valence-electron chi connectivity index (χ4n) is 0.831. The van der Waals surface area contributed by atoms with E-state index in [2.05, 4.69) is 0 Å². The molecule has 0 aliphatic heterocycles. The van der Waals surface area contributed by atoms with Crippen molar-refractivity contribution in [1.82, 2.24) is 0 Å². The van der Waals surface area contributed by atoms with Gasteiger partial charge in [0, 0.05) is 0 Å². The molecule has 0 aromatic heterocycles. The van der Waals surface area contributed by atoms with Gasteiger partial charge in [0.25, 0.3) is 0 Å². The van der Waals surface area contributed by atoms with Gasteiger partial charge in [0.05, 0.1) is 25.2 Å². The Morgan fingerprint density at radius 1 is 0.833 bits per heavy atom. The molecule has 0 aliphatic carbocycles. The molecule has 0 spiro atoms. The lowest BCUT2D eigenvalue weighted by molar-refractivity contribution is -0.148. The minimum Gasteiger partial charge on any atom is -0.481 e. The van der Waals surface area contributed by atoms with Crippen LogP contribution in [0, 0.1) is 5.92 Å². The molecule has 18 heavy (non-hydrogen) atoms. The Bertz CT molecular complexity index is 295. The van der Waals surface area contributed by atoms with Gasteiger partial charge < -0.3 is 20.4 Å². The quantitative estimate of drug-likeness (QED) is 0.519. The number of hydrogen-bond acceptors (Lipinski definition) is 4. The molecular weight excluding hydrogens is 248 g/mol. The van der Waals surface area contributed by atoms with E-state index in [-0.39, 0.29) is 19.3 Å². The third kappa shape index (κ3) is 13.9. The van der Waals surface area contributed by atoms with Crippen molar-refractivity contribution in [1.29, 1.82) is 0 Å². The molecule has 1 atom stereocenters. The number of aliphatic carboxylic acids is 4. The van der Waals surface area contributed by atoms with Gasteiger partial charge in [-0.3, -0.25) is 19.2 Å². The summed E-state index contributed by atoms with van der Waals surface area (Å²) in [7, 11) is 0. The number of hydrogen-bond donors (Lipinski definition) is 4. The summed E-state index contributed by atoms with van der Waals surface area (Å²) < 4.78 is 0. The summed E-state index contributed by atoms with van der Waals surface area (Å²) in [5.41, 5.74) is 0. The van der Waals surface area contributed by atoms with Gasteiger partial charge in [-0.2, -0.15) is 0 Å². The van der Waals surface area contributed by atoms with Crippen LogP contribution in [0.3, 0.4) is 0 Å². The largest absolute Gasteiger partial charge is 0.481 e. The minimum atomic E-state index is -1.08. The first-order valence-corrected chi connectivity index (χ1v) is 5.08. The van der Waals surface area contributed by atoms with Crippen molar-refractivity contribution in [3.63, 3.8) is 0 Å². The molecule has 0 saturated heterocycles. The smallest absolute Gasteiger partial charge is 0.307 e. The van der Waals surface area contributed by atoms with Gasteiger partial charge in [0.1, 0.15) is 0 Å². The SMILES string of the molecule is CCC(CC(=O)O)C(=O)O.O=C(O)CCC(=O)O. The molecule has 0 rings (SSSR count). The van der Waals surface area contributed by atoms with Crippen LogP contribution in [0.4, 0.5) is 0 Å². The fraction of sp³-hybridized carbons (Fsp3) is 0.600. The topological polar surface area (TPSA) is 149 Å². The summed E-state index contributed by atoms with van der Waals surface area (Å²) in [4.78, 5) is 39.5. The van der Waals surface area contributed by atoms with Crippen LogP contribution < -0.4 is 0 Å². The molecule has 8 heteroatoms. The minimum absolute atomic E-state index is 0.286. The van der Waals surface area contributed by atoms with Crippen LogP contribution in [0.2, 0.25) is 0 Å². The molecule has 0 amide bonds. The monoisotopic (exact) mass is 264 g/mol. The van der Waals surface area contributed by atoms with Crippen molar-refractivity contribution >= 4 is 23.9 Å². The van der Waals surface area contributed by atoms with E-state index in [1.807, 2.05) is 0 Å². The van der Waals surface area contributed by atoms with E-state index in [1.165, 1.54) is 0 Å². The number of carbonyl (C=O) groups is 4. The predicted molar refractivity (Wildman–Crippen MR) is 58.2 cm³/mol. The lowest BCUT2D eigenvalue weighted by Gasteiger charge is -2.03. The Morgan fingerprint density at radius 3 is 1.33 bits per heavy atom. The average Bonchev–Trinajstić information content (AvgIpc) is 2.23. The lowest BCUT2D eigenvalue weighted by atomic mass is 10.0. The highest BCUT2D eigenvalue weighted by molar-refractivity contribution is 5.77. The van der Waals surface area contributed by atoms with Crippen LogP contribution in [0.15, 0.2) is 0 Å². The number of carboxylic acids is 4. The molecule has 0 fully saturated rings. The van der Waals surface area contributed by atoms with Gasteiger partial charge in [-0.05, 0) is 6.42 Å². The standard InChI is InChI=1S/C6H10O4.C4H6O4/c1-2-4(6(9)10)3-5(7)8;5-3(6)1-2-4(7)8/h4H,2-3H2,1H3,(H,7,8)(H,9,10);1-2H2,(H,5,6)(H,7,8). The first-order valence-electron chi connectivity index (χ1n) is 5.08. The van der Waals surface area contributed by atoms with Crippen molar-refractivity contribution in [2.45, 2.75) is 32.6 Å². The van der Waals surface area contributed by atoms with Gasteiger partial charge in [-0.25, -0.2) is 0 Å². The summed E-state index contributed by atoms with van der Waals surface area (Å²) in [5, 5.41) is 32.4. The van der Waals surface area contributed by atoms with Crippen LogP contribution in [0.25, 0.3) is 0 Å². The normalized spacial score (nSPS) is 10.7. The maximum atomic E-state index is 10.2. The maximum absolute atomic E-state index is 10.2. The Hall–Kier alpha value is -2.12. The van der Waals surface area contributed by atoms with Crippen LogP contribution >= 0.6 is 0 Å². The first-order chi connectivity index (χ1) is 8.20. The highest BCUT2D eigenvalue weighted by atomic mass is 16.4. The van der Waals surface area contributed by atoms with Gasteiger partial charge >= 0.3 is 23.9 Å². The fourth-order valence-corrected chi connectivity index (χ4v) is 0.831. The summed E-state index contributed by atoms with van der Waals surface area (Å²) in [6, 6.07) is 0. The van der Waals surface area contributed by atoms with Crippen molar-refractivity contribution in [2.24, 2.45) is 5.92 Å². The first kappa shape index (κ1) is 18.3. The Morgan fingerprint density at radius 2 is 1.22 bits per heavy atom. The highest BCUT2D eigenvalue weighted by Gasteiger charge is 2.17. The number of rotatable bonds is 7. The highest BCUT2D eigenvalue weighted by Crippen LogP contribution is 2.07. The van der Waals surface area contributed by atoms with Gasteiger partial charge in [0.15, 0.2) is 0 Å². The zero-order valence-electron chi connectivity index (χ0n) is 9.83. The van der Waals surface area contributed by atoms with E-state index in [0.717, 1.165) is 0 Å². The predicted octanol–water partition coefficient (Wildman–Crippen LogP) is 0.508. The Kier molecular flexibility index (Phi) is 10.2. The molecular formula is C10H16O8. The maximum Gasteiger partial charge on any atom is 0.307 e. The third-order valence-electron chi connectivity index (χ3n) is 1.82. The van der Waals surface area contributed by atoms with E-state index < -0.39 is 29.8 Å². The molecule has 1 unspecified atom stereocenters. The average molecular weight is 264 g/mol. The summed E-state index contributed by atoms with van der Waals surface area (Å²) in [5.74, 6) is -4.99. The molecule has 8 nitrogen and oxygen atoms in total. The summed E-state index contributed by atoms with van der Waals surface area (Å²) in [6.45, 7) is 1.65. The van der Waals surface area contributed by atoms with E-state index in [4.69, 9.17) is 20.4 Å². The molecule has 0 radical (unpaired) electrons. The van der Waals surface area contributed by atoms with Crippen molar-refractivity contribution < 1.29 is 39.6 Å². The third-order valence-corrected chi connectivity index (χ3v) is 1.82. The van der Waals surface area contributed by atoms with Crippen molar-refractivity contribution in [3.05, 3.63) is 0 Å². The molecule has 0 bridgehead atoms. The second-order valence-electron chi connectivity index (χ2n) is 3.33. The van der Waals surface area contributed by atoms with E-state index in [9.17, 15) is 19.2 Å². The molecule has 104 valence electrons. The zero-order valence-corrected chi connectivity index (χ0v) is 9.83. The van der Waals surface area contributed by atoms with Crippen molar-refractivity contribution in [2.75, 3.05) is 0 Å². The van der Waals surface area contributed by atoms with E-state index in [1.54, 1.807) is 6.92 Å². The Balaban J connectivity index is 0. The second kappa shape index (κ2) is 10.1. The van der Waals surface area contributed by atoms with Gasteiger partial charge in [-0.15, -0.1) is 0 Å². The van der Waals surface area contributed by atoms with Crippen LogP contribution in [-0.2, 0) is 19.2 Å². The molecule has 0 aliphatic rings. The molecule has 0 aromatic rings. The van der Waals surface area contributed by atoms with E-state index >= 15 is 0 Å². The Labute approximate surface area is 103 Å². The van der Waals surface area contributed by atoms with Gasteiger partial charge in [0.2, 0.25) is 0 Å². The summed E-state index contributed by atoms with van der Waals surface area (Å²) in [6.07, 6.45) is -0.516. The number of carboxylic acid groups (broad SMARTS) is 4.